The zero-order chi connectivity index (χ0) is 20.9. The molecule has 2 rings (SSSR count). The lowest BCUT2D eigenvalue weighted by Gasteiger charge is -2.16. The Morgan fingerprint density at radius 1 is 0.821 bits per heavy atom. The van der Waals surface area contributed by atoms with E-state index in [1.807, 2.05) is 0 Å². The molecule has 0 aliphatic heterocycles. The van der Waals surface area contributed by atoms with Gasteiger partial charge in [-0.15, -0.1) is 13.2 Å². The summed E-state index contributed by atoms with van der Waals surface area (Å²) < 4.78 is 32.0. The predicted molar refractivity (Wildman–Crippen MR) is 105 cm³/mol. The summed E-state index contributed by atoms with van der Waals surface area (Å²) in [4.78, 5) is 36.5. The number of hydrogen-bond acceptors (Lipinski definition) is 4. The summed E-state index contributed by atoms with van der Waals surface area (Å²) in [5.74, 6) is -0.0500. The molecule has 0 atom stereocenters. The van der Waals surface area contributed by atoms with E-state index >= 15 is 0 Å². The molecule has 0 heterocycles. The molecule has 0 bridgehead atoms. The summed E-state index contributed by atoms with van der Waals surface area (Å²) >= 11 is 0. The Morgan fingerprint density at radius 3 is 1.96 bits per heavy atom. The van der Waals surface area contributed by atoms with E-state index in [-0.39, 0.29) is 17.9 Å². The molecule has 0 radical (unpaired) electrons. The lowest BCUT2D eigenvalue weighted by Crippen LogP contribution is -1.97. The van der Waals surface area contributed by atoms with Crippen LogP contribution in [-0.2, 0) is 22.0 Å². The van der Waals surface area contributed by atoms with Gasteiger partial charge in [0.05, 0.1) is 0 Å². The van der Waals surface area contributed by atoms with Crippen LogP contribution < -0.4 is 9.05 Å². The number of hydrogen-bond donors (Lipinski definition) is 4. The van der Waals surface area contributed by atoms with E-state index in [2.05, 4.69) is 13.2 Å². The summed E-state index contributed by atoms with van der Waals surface area (Å²) in [6.07, 6.45) is 4.00. The molecule has 28 heavy (non-hydrogen) atoms. The number of phosphoric ester groups is 2. The van der Waals surface area contributed by atoms with E-state index in [1.165, 1.54) is 24.3 Å². The summed E-state index contributed by atoms with van der Waals surface area (Å²) in [5, 5.41) is 0. The molecule has 0 spiro atoms. The molecule has 150 valence electrons. The van der Waals surface area contributed by atoms with Crippen molar-refractivity contribution < 1.29 is 37.8 Å². The smallest absolute Gasteiger partial charge is 0.404 e. The van der Waals surface area contributed by atoms with Gasteiger partial charge in [0.1, 0.15) is 11.5 Å². The highest BCUT2D eigenvalue weighted by atomic mass is 31.2. The molecule has 0 fully saturated rings. The second kappa shape index (κ2) is 8.88. The van der Waals surface area contributed by atoms with Crippen LogP contribution in [-0.4, -0.2) is 19.6 Å². The van der Waals surface area contributed by atoms with Crippen molar-refractivity contribution >= 4 is 15.6 Å². The van der Waals surface area contributed by atoms with E-state index in [9.17, 15) is 18.9 Å². The third-order valence-electron chi connectivity index (χ3n) is 3.59. The van der Waals surface area contributed by atoms with E-state index in [0.29, 0.717) is 23.1 Å². The second-order valence-electron chi connectivity index (χ2n) is 5.80. The van der Waals surface area contributed by atoms with Gasteiger partial charge in [0.15, 0.2) is 0 Å². The van der Waals surface area contributed by atoms with E-state index in [1.54, 1.807) is 24.3 Å². The maximum absolute atomic E-state index is 11.3. The van der Waals surface area contributed by atoms with Crippen LogP contribution in [0.4, 0.5) is 0 Å². The molecule has 4 N–H and O–H groups in total. The normalized spacial score (nSPS) is 11.7. The average molecular weight is 426 g/mol. The maximum Gasteiger partial charge on any atom is 0.524 e. The van der Waals surface area contributed by atoms with Crippen molar-refractivity contribution in [2.45, 2.75) is 12.8 Å². The lowest BCUT2D eigenvalue weighted by molar-refractivity contribution is 0.280. The van der Waals surface area contributed by atoms with Gasteiger partial charge >= 0.3 is 15.6 Å². The van der Waals surface area contributed by atoms with Crippen molar-refractivity contribution in [1.82, 2.24) is 0 Å². The maximum atomic E-state index is 11.3. The Hall–Kier alpha value is -2.18. The van der Waals surface area contributed by atoms with Crippen molar-refractivity contribution in [2.24, 2.45) is 0 Å². The average Bonchev–Trinajstić information content (AvgIpc) is 2.56. The Balaban J connectivity index is 2.60. The topological polar surface area (TPSA) is 134 Å². The van der Waals surface area contributed by atoms with Crippen LogP contribution in [0.3, 0.4) is 0 Å². The summed E-state index contributed by atoms with van der Waals surface area (Å²) in [6, 6.07) is 9.27. The van der Waals surface area contributed by atoms with Crippen LogP contribution >= 0.6 is 15.6 Å². The molecule has 8 nitrogen and oxygen atoms in total. The van der Waals surface area contributed by atoms with Gasteiger partial charge in [-0.3, -0.25) is 19.6 Å². The van der Waals surface area contributed by atoms with Gasteiger partial charge in [-0.25, -0.2) is 9.13 Å². The first kappa shape index (κ1) is 22.1. The van der Waals surface area contributed by atoms with Crippen molar-refractivity contribution in [2.75, 3.05) is 0 Å². The van der Waals surface area contributed by atoms with Crippen LogP contribution in [0, 0.1) is 0 Å². The molecular formula is C18H20O8P2. The predicted octanol–water partition coefficient (Wildman–Crippen LogP) is 3.75. The molecule has 0 unspecified atom stereocenters. The van der Waals surface area contributed by atoms with E-state index in [4.69, 9.17) is 18.8 Å². The van der Waals surface area contributed by atoms with Gasteiger partial charge in [-0.2, -0.15) is 0 Å². The minimum atomic E-state index is -4.79. The molecule has 2 aromatic carbocycles. The van der Waals surface area contributed by atoms with Gasteiger partial charge in [0.2, 0.25) is 0 Å². The van der Waals surface area contributed by atoms with Crippen LogP contribution in [0.1, 0.15) is 11.1 Å². The van der Waals surface area contributed by atoms with Crippen molar-refractivity contribution in [3.8, 4) is 22.6 Å². The Morgan fingerprint density at radius 2 is 1.39 bits per heavy atom. The molecule has 0 amide bonds. The number of rotatable bonds is 9. The van der Waals surface area contributed by atoms with Gasteiger partial charge in [0.25, 0.3) is 0 Å². The Labute approximate surface area is 162 Å². The molecule has 2 aromatic rings. The highest BCUT2D eigenvalue weighted by Crippen LogP contribution is 2.44. The number of allylic oxidation sites excluding steroid dienone is 2. The van der Waals surface area contributed by atoms with Crippen molar-refractivity contribution in [3.63, 3.8) is 0 Å². The third-order valence-corrected chi connectivity index (χ3v) is 4.46. The van der Waals surface area contributed by atoms with Crippen LogP contribution in [0.25, 0.3) is 11.1 Å². The minimum Gasteiger partial charge on any atom is -0.404 e. The van der Waals surface area contributed by atoms with Gasteiger partial charge in [-0.05, 0) is 53.8 Å². The first-order chi connectivity index (χ1) is 13.0. The molecule has 0 saturated carbocycles. The SMILES string of the molecule is C=CCc1ccc(OP(=O)(O)O)c(-c2ccc(OP(=O)(O)O)c(CC=C)c2)c1. The van der Waals surface area contributed by atoms with Crippen LogP contribution in [0.2, 0.25) is 0 Å². The van der Waals surface area contributed by atoms with Gasteiger partial charge in [-0.1, -0.05) is 24.3 Å². The fourth-order valence-electron chi connectivity index (χ4n) is 2.58. The van der Waals surface area contributed by atoms with Crippen molar-refractivity contribution in [1.29, 1.82) is 0 Å². The zero-order valence-electron chi connectivity index (χ0n) is 14.8. The van der Waals surface area contributed by atoms with Gasteiger partial charge in [0, 0.05) is 5.56 Å². The summed E-state index contributed by atoms with van der Waals surface area (Å²) in [7, 11) is -9.54. The monoisotopic (exact) mass is 426 g/mol. The fraction of sp³-hybridized carbons (Fsp3) is 0.111. The highest BCUT2D eigenvalue weighted by molar-refractivity contribution is 7.47. The van der Waals surface area contributed by atoms with Gasteiger partial charge < -0.3 is 9.05 Å². The Kier molecular flexibility index (Phi) is 7.01. The van der Waals surface area contributed by atoms with Crippen LogP contribution in [0.15, 0.2) is 61.7 Å². The molecule has 0 aliphatic rings. The quantitative estimate of drug-likeness (QED) is 0.352. The second-order valence-corrected chi connectivity index (χ2v) is 8.13. The first-order valence-corrected chi connectivity index (χ1v) is 11.1. The zero-order valence-corrected chi connectivity index (χ0v) is 16.6. The first-order valence-electron chi connectivity index (χ1n) is 8.00. The van der Waals surface area contributed by atoms with E-state index < -0.39 is 15.6 Å². The number of phosphoric acid groups is 2. The molecule has 0 saturated heterocycles. The Bertz CT molecular complexity index is 974. The highest BCUT2D eigenvalue weighted by Gasteiger charge is 2.21. The largest absolute Gasteiger partial charge is 0.524 e. The van der Waals surface area contributed by atoms with Crippen LogP contribution in [0.5, 0.6) is 11.5 Å². The third kappa shape index (κ3) is 6.46. The molecule has 0 aliphatic carbocycles. The fourth-order valence-corrected chi connectivity index (χ4v) is 3.43. The molecule has 10 heteroatoms. The van der Waals surface area contributed by atoms with E-state index in [0.717, 1.165) is 5.56 Å². The standard InChI is InChI=1S/C18H20O8P2/c1-3-5-13-7-9-18(26-28(22,23)24)16(11-13)14-8-10-17(25-27(19,20)21)15(12-14)6-4-2/h3-4,7-12H,1-2,5-6H2,(H2,19,20,21)(H2,22,23,24). The molecular weight excluding hydrogens is 406 g/mol. The van der Waals surface area contributed by atoms with Crippen molar-refractivity contribution in [3.05, 3.63) is 72.8 Å². The minimum absolute atomic E-state index is 0.0170. The summed E-state index contributed by atoms with van der Waals surface area (Å²) in [5.41, 5.74) is 2.19. The lowest BCUT2D eigenvalue weighted by atomic mass is 9.97. The summed E-state index contributed by atoms with van der Waals surface area (Å²) in [6.45, 7) is 7.28. The molecule has 0 aromatic heterocycles. The number of benzene rings is 2.